The Labute approximate surface area is 149 Å². The molecule has 1 aromatic rings. The molecule has 1 aliphatic heterocycles. The molecule has 1 heterocycles. The summed E-state index contributed by atoms with van der Waals surface area (Å²) in [6.07, 6.45) is -1.77. The Morgan fingerprint density at radius 2 is 1.92 bits per heavy atom. The van der Waals surface area contributed by atoms with Crippen LogP contribution < -0.4 is 5.32 Å². The summed E-state index contributed by atoms with van der Waals surface area (Å²) in [4.78, 5) is 24.9. The Balaban J connectivity index is 1.87. The molecule has 3 rings (SSSR count). The lowest BCUT2D eigenvalue weighted by molar-refractivity contribution is -0.150. The molecule has 1 aromatic carbocycles. The van der Waals surface area contributed by atoms with Crippen LogP contribution in [0.4, 0.5) is 18.9 Å². The van der Waals surface area contributed by atoms with E-state index in [1.54, 1.807) is 0 Å². The number of benzene rings is 1. The van der Waals surface area contributed by atoms with Gasteiger partial charge in [0.05, 0.1) is 11.1 Å². The Morgan fingerprint density at radius 1 is 1.27 bits per heavy atom. The number of carbonyl (C=O) groups is 2. The van der Waals surface area contributed by atoms with Gasteiger partial charge in [-0.15, -0.1) is 0 Å². The number of halogens is 3. The normalized spacial score (nSPS) is 26.2. The van der Waals surface area contributed by atoms with Crippen molar-refractivity contribution in [3.63, 3.8) is 0 Å². The van der Waals surface area contributed by atoms with Crippen molar-refractivity contribution in [1.82, 2.24) is 0 Å². The molecule has 0 unspecified atom stereocenters. The van der Waals surface area contributed by atoms with Gasteiger partial charge in [0.25, 0.3) is 5.91 Å². The Hall–Kier alpha value is -2.31. The summed E-state index contributed by atoms with van der Waals surface area (Å²) in [5.74, 6) is -0.635. The van der Waals surface area contributed by atoms with Crippen LogP contribution in [0.3, 0.4) is 0 Å². The van der Waals surface area contributed by atoms with Gasteiger partial charge < -0.3 is 10.1 Å². The Bertz CT molecular complexity index is 774. The summed E-state index contributed by atoms with van der Waals surface area (Å²) in [6.45, 7) is 3.62. The highest BCUT2D eigenvalue weighted by Crippen LogP contribution is 2.45. The summed E-state index contributed by atoms with van der Waals surface area (Å²) in [5, 5.41) is 2.50. The minimum absolute atomic E-state index is 0.0313. The molecule has 1 saturated carbocycles. The van der Waals surface area contributed by atoms with Crippen LogP contribution in [0.5, 0.6) is 0 Å². The summed E-state index contributed by atoms with van der Waals surface area (Å²) in [6, 6.07) is 4.43. The standard InChI is InChI=1S/C19H20F3NO3/c1-11-6-8-18(9-7-11)15(12(2)17(25)26-18)16(24)23-14-5-3-4-13(10-14)19(20,21)22/h3-5,10-11H,6-9H2,1-2H3,(H,23,24). The molecule has 1 aliphatic carbocycles. The van der Waals surface area contributed by atoms with E-state index >= 15 is 0 Å². The SMILES string of the molecule is CC1=C(C(=O)Nc2cccc(C(F)(F)F)c2)C2(CCC(C)CC2)OC1=O. The maximum atomic E-state index is 12.9. The average Bonchev–Trinajstić information content (AvgIpc) is 2.81. The van der Waals surface area contributed by atoms with Crippen LogP contribution in [0.25, 0.3) is 0 Å². The van der Waals surface area contributed by atoms with E-state index < -0.39 is 29.2 Å². The number of nitrogens with one attached hydrogen (secondary N) is 1. The minimum Gasteiger partial charge on any atom is -0.451 e. The minimum atomic E-state index is -4.50. The number of carbonyl (C=O) groups excluding carboxylic acids is 2. The zero-order valence-corrected chi connectivity index (χ0v) is 14.6. The number of hydrogen-bond donors (Lipinski definition) is 1. The molecular formula is C19H20F3NO3. The number of ether oxygens (including phenoxy) is 1. The number of amides is 1. The molecule has 1 spiro atoms. The van der Waals surface area contributed by atoms with Crippen LogP contribution in [0.1, 0.15) is 45.1 Å². The fourth-order valence-electron chi connectivity index (χ4n) is 3.67. The van der Waals surface area contributed by atoms with Crippen molar-refractivity contribution in [2.45, 2.75) is 51.3 Å². The molecule has 1 N–H and O–H groups in total. The molecule has 0 saturated heterocycles. The maximum absolute atomic E-state index is 12.9. The first-order valence-electron chi connectivity index (χ1n) is 8.56. The van der Waals surface area contributed by atoms with Gasteiger partial charge in [-0.3, -0.25) is 4.79 Å². The molecular weight excluding hydrogens is 347 g/mol. The van der Waals surface area contributed by atoms with Gasteiger partial charge in [-0.05, 0) is 56.7 Å². The molecule has 4 nitrogen and oxygen atoms in total. The van der Waals surface area contributed by atoms with E-state index in [4.69, 9.17) is 4.74 Å². The van der Waals surface area contributed by atoms with Gasteiger partial charge in [0.1, 0.15) is 5.60 Å². The molecule has 0 aromatic heterocycles. The van der Waals surface area contributed by atoms with E-state index in [1.165, 1.54) is 19.1 Å². The van der Waals surface area contributed by atoms with E-state index in [0.717, 1.165) is 25.0 Å². The highest BCUT2D eigenvalue weighted by molar-refractivity contribution is 6.12. The van der Waals surface area contributed by atoms with Crippen LogP contribution in [-0.4, -0.2) is 17.5 Å². The second-order valence-electron chi connectivity index (χ2n) is 7.10. The van der Waals surface area contributed by atoms with Gasteiger partial charge in [0.15, 0.2) is 0 Å². The monoisotopic (exact) mass is 367 g/mol. The second-order valence-corrected chi connectivity index (χ2v) is 7.10. The largest absolute Gasteiger partial charge is 0.451 e. The molecule has 0 atom stereocenters. The van der Waals surface area contributed by atoms with Crippen LogP contribution in [-0.2, 0) is 20.5 Å². The predicted molar refractivity (Wildman–Crippen MR) is 89.2 cm³/mol. The maximum Gasteiger partial charge on any atom is 0.416 e. The summed E-state index contributed by atoms with van der Waals surface area (Å²) in [7, 11) is 0. The molecule has 0 bridgehead atoms. The first-order chi connectivity index (χ1) is 12.1. The molecule has 140 valence electrons. The highest BCUT2D eigenvalue weighted by atomic mass is 19.4. The predicted octanol–water partition coefficient (Wildman–Crippen LogP) is 4.47. The van der Waals surface area contributed by atoms with Crippen LogP contribution >= 0.6 is 0 Å². The highest BCUT2D eigenvalue weighted by Gasteiger charge is 2.50. The second kappa shape index (κ2) is 6.45. The van der Waals surface area contributed by atoms with Crippen LogP contribution in [0, 0.1) is 5.92 Å². The lowest BCUT2D eigenvalue weighted by Gasteiger charge is -2.36. The number of alkyl halides is 3. The van der Waals surface area contributed by atoms with E-state index in [0.29, 0.717) is 18.8 Å². The van der Waals surface area contributed by atoms with Crippen LogP contribution in [0.2, 0.25) is 0 Å². The number of anilines is 1. The van der Waals surface area contributed by atoms with Gasteiger partial charge in [-0.25, -0.2) is 4.79 Å². The molecule has 2 aliphatic rings. The third-order valence-electron chi connectivity index (χ3n) is 5.18. The molecule has 7 heteroatoms. The van der Waals surface area contributed by atoms with Gasteiger partial charge in [-0.2, -0.15) is 13.2 Å². The topological polar surface area (TPSA) is 55.4 Å². The quantitative estimate of drug-likeness (QED) is 0.785. The Morgan fingerprint density at radius 3 is 2.54 bits per heavy atom. The Kier molecular flexibility index (Phi) is 4.58. The number of rotatable bonds is 2. The average molecular weight is 367 g/mol. The smallest absolute Gasteiger partial charge is 0.416 e. The van der Waals surface area contributed by atoms with E-state index in [1.807, 2.05) is 0 Å². The van der Waals surface area contributed by atoms with Gasteiger partial charge >= 0.3 is 12.1 Å². The zero-order valence-electron chi connectivity index (χ0n) is 14.6. The number of hydrogen-bond acceptors (Lipinski definition) is 3. The van der Waals surface area contributed by atoms with Crippen molar-refractivity contribution in [1.29, 1.82) is 0 Å². The summed E-state index contributed by atoms with van der Waals surface area (Å²) in [5.41, 5.74) is -1.31. The molecule has 1 amide bonds. The molecule has 1 fully saturated rings. The molecule has 26 heavy (non-hydrogen) atoms. The summed E-state index contributed by atoms with van der Waals surface area (Å²) >= 11 is 0. The fraction of sp³-hybridized carbons (Fsp3) is 0.474. The van der Waals surface area contributed by atoms with Crippen molar-refractivity contribution in [3.05, 3.63) is 41.0 Å². The van der Waals surface area contributed by atoms with Crippen molar-refractivity contribution in [3.8, 4) is 0 Å². The van der Waals surface area contributed by atoms with E-state index in [2.05, 4.69) is 12.2 Å². The third-order valence-corrected chi connectivity index (χ3v) is 5.18. The third kappa shape index (κ3) is 3.34. The zero-order chi connectivity index (χ0) is 19.1. The first kappa shape index (κ1) is 18.5. The van der Waals surface area contributed by atoms with E-state index in [-0.39, 0.29) is 16.8 Å². The summed E-state index contributed by atoms with van der Waals surface area (Å²) < 4.78 is 44.1. The first-order valence-corrected chi connectivity index (χ1v) is 8.56. The van der Waals surface area contributed by atoms with Crippen molar-refractivity contribution in [2.75, 3.05) is 5.32 Å². The van der Waals surface area contributed by atoms with Gasteiger partial charge in [0, 0.05) is 11.3 Å². The van der Waals surface area contributed by atoms with Crippen molar-refractivity contribution in [2.24, 2.45) is 5.92 Å². The van der Waals surface area contributed by atoms with E-state index in [9.17, 15) is 22.8 Å². The molecule has 0 radical (unpaired) electrons. The lowest BCUT2D eigenvalue weighted by Crippen LogP contribution is -2.40. The number of esters is 1. The lowest BCUT2D eigenvalue weighted by atomic mass is 9.75. The van der Waals surface area contributed by atoms with Crippen molar-refractivity contribution >= 4 is 17.6 Å². The van der Waals surface area contributed by atoms with Crippen molar-refractivity contribution < 1.29 is 27.5 Å². The fourth-order valence-corrected chi connectivity index (χ4v) is 3.67. The van der Waals surface area contributed by atoms with Gasteiger partial charge in [-0.1, -0.05) is 13.0 Å². The van der Waals surface area contributed by atoms with Crippen LogP contribution in [0.15, 0.2) is 35.4 Å². The van der Waals surface area contributed by atoms with Gasteiger partial charge in [0.2, 0.25) is 0 Å².